The molecule has 0 atom stereocenters. The second-order valence-corrected chi connectivity index (χ2v) is 3.83. The van der Waals surface area contributed by atoms with Crippen LogP contribution in [0.1, 0.15) is 32.5 Å². The maximum Gasteiger partial charge on any atom is 0.202 e. The van der Waals surface area contributed by atoms with E-state index >= 15 is 0 Å². The molecule has 0 spiro atoms. The molecule has 0 aliphatic heterocycles. The van der Waals surface area contributed by atoms with Crippen LogP contribution >= 0.6 is 11.5 Å². The average Bonchev–Trinajstić information content (AvgIpc) is 2.71. The van der Waals surface area contributed by atoms with Gasteiger partial charge in [-0.2, -0.15) is 4.37 Å². The number of hydrogen-bond acceptors (Lipinski definition) is 5. The lowest BCUT2D eigenvalue weighted by molar-refractivity contribution is -0.0281. The molecule has 1 rings (SSSR count). The summed E-state index contributed by atoms with van der Waals surface area (Å²) in [5, 5.41) is 3.82. The van der Waals surface area contributed by atoms with Crippen molar-refractivity contribution in [1.82, 2.24) is 9.36 Å². The highest BCUT2D eigenvalue weighted by atomic mass is 32.1. The summed E-state index contributed by atoms with van der Waals surface area (Å²) in [4.78, 5) is 4.39. The molecular formula is C9H17N3OS. The minimum absolute atomic E-state index is 0.314. The number of rotatable bonds is 5. The van der Waals surface area contributed by atoms with Gasteiger partial charge in [-0.3, -0.25) is 0 Å². The highest BCUT2D eigenvalue weighted by Crippen LogP contribution is 2.31. The summed E-state index contributed by atoms with van der Waals surface area (Å²) < 4.78 is 9.85. The normalized spacial score (nSPS) is 11.7. The second kappa shape index (κ2) is 4.70. The van der Waals surface area contributed by atoms with E-state index in [4.69, 9.17) is 4.74 Å². The van der Waals surface area contributed by atoms with Crippen LogP contribution in [0.3, 0.4) is 0 Å². The van der Waals surface area contributed by atoms with E-state index in [2.05, 4.69) is 28.5 Å². The Labute approximate surface area is 88.9 Å². The highest BCUT2D eigenvalue weighted by Gasteiger charge is 2.32. The molecule has 0 unspecified atom stereocenters. The van der Waals surface area contributed by atoms with Gasteiger partial charge in [0.15, 0.2) is 5.82 Å². The molecule has 0 radical (unpaired) electrons. The highest BCUT2D eigenvalue weighted by molar-refractivity contribution is 7.09. The number of ether oxygens (including phenoxy) is 1. The predicted octanol–water partition coefficient (Wildman–Crippen LogP) is 2.24. The summed E-state index contributed by atoms with van der Waals surface area (Å²) in [5.74, 6) is 0.791. The van der Waals surface area contributed by atoms with E-state index in [0.717, 1.165) is 23.8 Å². The molecule has 1 heterocycles. The summed E-state index contributed by atoms with van der Waals surface area (Å²) >= 11 is 1.37. The van der Waals surface area contributed by atoms with E-state index in [1.807, 2.05) is 7.05 Å². The third-order valence-corrected chi connectivity index (χ3v) is 3.31. The first-order valence-corrected chi connectivity index (χ1v) is 5.56. The summed E-state index contributed by atoms with van der Waals surface area (Å²) in [6.45, 7) is 4.18. The Morgan fingerprint density at radius 1 is 1.43 bits per heavy atom. The smallest absolute Gasteiger partial charge is 0.202 e. The molecular weight excluding hydrogens is 198 g/mol. The Bertz CT molecular complexity index is 275. The maximum absolute atomic E-state index is 5.53. The van der Waals surface area contributed by atoms with Gasteiger partial charge in [-0.05, 0) is 12.8 Å². The molecule has 0 aliphatic carbocycles. The zero-order valence-electron chi connectivity index (χ0n) is 9.13. The molecule has 80 valence electrons. The van der Waals surface area contributed by atoms with E-state index < -0.39 is 0 Å². The van der Waals surface area contributed by atoms with Crippen LogP contribution in [-0.2, 0) is 10.3 Å². The first-order valence-electron chi connectivity index (χ1n) is 4.79. The fraction of sp³-hybridized carbons (Fsp3) is 0.778. The molecule has 4 nitrogen and oxygen atoms in total. The standard InChI is InChI=1S/C9H17N3OS/c1-5-9(6-2,13-4)7-11-8(10-3)14-12-7/h5-6H2,1-4H3,(H,10,11,12). The average molecular weight is 215 g/mol. The van der Waals surface area contributed by atoms with Crippen LogP contribution in [-0.4, -0.2) is 23.5 Å². The lowest BCUT2D eigenvalue weighted by Crippen LogP contribution is -2.28. The van der Waals surface area contributed by atoms with Crippen molar-refractivity contribution in [2.75, 3.05) is 19.5 Å². The first-order chi connectivity index (χ1) is 6.72. The lowest BCUT2D eigenvalue weighted by atomic mass is 9.96. The predicted molar refractivity (Wildman–Crippen MR) is 58.7 cm³/mol. The summed E-state index contributed by atoms with van der Waals surface area (Å²) in [5.41, 5.74) is -0.314. The van der Waals surface area contributed by atoms with Crippen molar-refractivity contribution in [2.24, 2.45) is 0 Å². The number of nitrogens with one attached hydrogen (secondary N) is 1. The number of hydrogen-bond donors (Lipinski definition) is 1. The second-order valence-electron chi connectivity index (χ2n) is 3.08. The minimum Gasteiger partial charge on any atom is -0.370 e. The lowest BCUT2D eigenvalue weighted by Gasteiger charge is -2.26. The molecule has 5 heteroatoms. The van der Waals surface area contributed by atoms with Crippen LogP contribution in [0.25, 0.3) is 0 Å². The molecule has 0 saturated carbocycles. The van der Waals surface area contributed by atoms with Crippen molar-refractivity contribution >= 4 is 16.7 Å². The molecule has 0 saturated heterocycles. The van der Waals surface area contributed by atoms with Gasteiger partial charge in [0.2, 0.25) is 5.13 Å². The van der Waals surface area contributed by atoms with Crippen LogP contribution in [0.2, 0.25) is 0 Å². The van der Waals surface area contributed by atoms with Crippen molar-refractivity contribution in [3.05, 3.63) is 5.82 Å². The van der Waals surface area contributed by atoms with E-state index in [1.165, 1.54) is 11.5 Å². The Hall–Kier alpha value is -0.680. The van der Waals surface area contributed by atoms with Gasteiger partial charge in [0.25, 0.3) is 0 Å². The Morgan fingerprint density at radius 2 is 2.07 bits per heavy atom. The van der Waals surface area contributed by atoms with Crippen molar-refractivity contribution in [1.29, 1.82) is 0 Å². The van der Waals surface area contributed by atoms with Gasteiger partial charge < -0.3 is 10.1 Å². The van der Waals surface area contributed by atoms with Gasteiger partial charge in [-0.1, -0.05) is 13.8 Å². The van der Waals surface area contributed by atoms with Gasteiger partial charge in [0.05, 0.1) is 0 Å². The summed E-state index contributed by atoms with van der Waals surface area (Å²) in [7, 11) is 3.56. The van der Waals surface area contributed by atoms with Gasteiger partial charge in [0, 0.05) is 25.7 Å². The van der Waals surface area contributed by atoms with E-state index in [0.29, 0.717) is 0 Å². The molecule has 0 fully saturated rings. The van der Waals surface area contributed by atoms with E-state index in [9.17, 15) is 0 Å². The molecule has 0 amide bonds. The number of aromatic nitrogens is 2. The molecule has 0 aromatic carbocycles. The Balaban J connectivity index is 2.98. The topological polar surface area (TPSA) is 47.0 Å². The van der Waals surface area contributed by atoms with Crippen LogP contribution in [0.5, 0.6) is 0 Å². The minimum atomic E-state index is -0.314. The van der Waals surface area contributed by atoms with E-state index in [1.54, 1.807) is 7.11 Å². The zero-order chi connectivity index (χ0) is 10.6. The van der Waals surface area contributed by atoms with Crippen molar-refractivity contribution in [3.63, 3.8) is 0 Å². The molecule has 0 bridgehead atoms. The quantitative estimate of drug-likeness (QED) is 0.818. The fourth-order valence-electron chi connectivity index (χ4n) is 1.46. The Kier molecular flexibility index (Phi) is 3.83. The van der Waals surface area contributed by atoms with Gasteiger partial charge in [0.1, 0.15) is 5.60 Å². The van der Waals surface area contributed by atoms with Crippen molar-refractivity contribution in [2.45, 2.75) is 32.3 Å². The monoisotopic (exact) mass is 215 g/mol. The zero-order valence-corrected chi connectivity index (χ0v) is 9.94. The fourth-order valence-corrected chi connectivity index (χ4v) is 2.05. The Morgan fingerprint density at radius 3 is 2.43 bits per heavy atom. The first kappa shape index (κ1) is 11.4. The number of methoxy groups -OCH3 is 1. The SMILES string of the molecule is CCC(CC)(OC)c1nsc(NC)n1. The number of nitrogens with zero attached hydrogens (tertiary/aromatic N) is 2. The maximum atomic E-state index is 5.53. The van der Waals surface area contributed by atoms with Crippen LogP contribution in [0.15, 0.2) is 0 Å². The summed E-state index contributed by atoms with van der Waals surface area (Å²) in [6, 6.07) is 0. The van der Waals surface area contributed by atoms with Crippen LogP contribution in [0.4, 0.5) is 5.13 Å². The molecule has 1 aromatic heterocycles. The number of anilines is 1. The van der Waals surface area contributed by atoms with Crippen LogP contribution < -0.4 is 5.32 Å². The van der Waals surface area contributed by atoms with Gasteiger partial charge >= 0.3 is 0 Å². The van der Waals surface area contributed by atoms with Gasteiger partial charge in [-0.25, -0.2) is 4.98 Å². The largest absolute Gasteiger partial charge is 0.370 e. The van der Waals surface area contributed by atoms with Crippen molar-refractivity contribution in [3.8, 4) is 0 Å². The van der Waals surface area contributed by atoms with E-state index in [-0.39, 0.29) is 5.60 Å². The molecule has 14 heavy (non-hydrogen) atoms. The van der Waals surface area contributed by atoms with Gasteiger partial charge in [-0.15, -0.1) is 0 Å². The molecule has 1 aromatic rings. The molecule has 0 aliphatic rings. The van der Waals surface area contributed by atoms with Crippen LogP contribution in [0, 0.1) is 0 Å². The third kappa shape index (κ3) is 1.88. The third-order valence-electron chi connectivity index (χ3n) is 2.58. The van der Waals surface area contributed by atoms with Crippen molar-refractivity contribution < 1.29 is 4.74 Å². The molecule has 1 N–H and O–H groups in total. The summed E-state index contributed by atoms with van der Waals surface area (Å²) in [6.07, 6.45) is 1.78.